The Morgan fingerprint density at radius 2 is 0.646 bits per heavy atom. The summed E-state index contributed by atoms with van der Waals surface area (Å²) in [6.07, 6.45) is 1.85. The van der Waals surface area contributed by atoms with Crippen molar-refractivity contribution in [1.29, 1.82) is 5.26 Å². The molecule has 0 fully saturated rings. The van der Waals surface area contributed by atoms with E-state index in [9.17, 15) is 0 Å². The van der Waals surface area contributed by atoms with Crippen LogP contribution in [0.1, 0.15) is 39.1 Å². The number of nitriles is 1. The maximum Gasteiger partial charge on any atom is 0.283 e. The Bertz CT molecular complexity index is 1720. The summed E-state index contributed by atoms with van der Waals surface area (Å²) < 4.78 is 1.78. The highest BCUT2D eigenvalue weighted by Gasteiger charge is 2.36. The van der Waals surface area contributed by atoms with Gasteiger partial charge in [0.1, 0.15) is 7.05 Å². The third-order valence-electron chi connectivity index (χ3n) is 8.65. The fourth-order valence-electron chi connectivity index (χ4n) is 6.35. The van der Waals surface area contributed by atoms with Crippen LogP contribution >= 0.6 is 0 Å². The van der Waals surface area contributed by atoms with E-state index < -0.39 is 11.1 Å². The minimum atomic E-state index is -0.800. The first-order valence-corrected chi connectivity index (χ1v) is 16.1. The quantitative estimate of drug-likeness (QED) is 0.123. The standard InChI is InChI=1S/C38H30N.C7H7N2/c1-7-19-31(20-8-1)37(32-21-9-2-10-22-32,33-23-11-3-12-24-33)39-38(34-25-13-4-14-26-34,35-27-15-5-16-28-35)36-29-17-6-18-30-36;1-9-5-3-2-4-7(9)6-8/h1-30H;2-5H,1H3/q-1;+1. The normalized spacial score (nSPS) is 11.1. The van der Waals surface area contributed by atoms with Crippen molar-refractivity contribution >= 4 is 0 Å². The highest BCUT2D eigenvalue weighted by molar-refractivity contribution is 5.64. The molecule has 6 aromatic carbocycles. The predicted molar refractivity (Wildman–Crippen MR) is 194 cm³/mol. The summed E-state index contributed by atoms with van der Waals surface area (Å²) in [5.41, 5.74) is 5.80. The molecule has 0 spiro atoms. The molecule has 7 rings (SSSR count). The van der Waals surface area contributed by atoms with Crippen molar-refractivity contribution in [3.8, 4) is 6.07 Å². The predicted octanol–water partition coefficient (Wildman–Crippen LogP) is 9.73. The number of aryl methyl sites for hydroxylation is 1. The van der Waals surface area contributed by atoms with E-state index in [1.54, 1.807) is 10.6 Å². The van der Waals surface area contributed by atoms with Gasteiger partial charge >= 0.3 is 0 Å². The monoisotopic (exact) mass is 619 g/mol. The number of rotatable bonds is 8. The van der Waals surface area contributed by atoms with Gasteiger partial charge in [-0.15, -0.1) is 0 Å². The molecule has 1 heterocycles. The van der Waals surface area contributed by atoms with Gasteiger partial charge in [-0.25, -0.2) is 0 Å². The maximum atomic E-state index is 8.45. The second kappa shape index (κ2) is 15.0. The minimum Gasteiger partial charge on any atom is -0.628 e. The van der Waals surface area contributed by atoms with Crippen LogP contribution in [-0.2, 0) is 18.1 Å². The van der Waals surface area contributed by atoms with Gasteiger partial charge in [-0.3, -0.25) is 0 Å². The third kappa shape index (κ3) is 6.44. The van der Waals surface area contributed by atoms with Gasteiger partial charge in [0.15, 0.2) is 12.3 Å². The Labute approximate surface area is 284 Å². The lowest BCUT2D eigenvalue weighted by Crippen LogP contribution is -2.39. The summed E-state index contributed by atoms with van der Waals surface area (Å²) >= 11 is 0. The second-order valence-corrected chi connectivity index (χ2v) is 11.5. The highest BCUT2D eigenvalue weighted by atomic mass is 15.1. The molecule has 0 saturated heterocycles. The van der Waals surface area contributed by atoms with Crippen molar-refractivity contribution in [2.24, 2.45) is 7.05 Å². The zero-order chi connectivity index (χ0) is 33.1. The molecule has 0 aliphatic rings. The smallest absolute Gasteiger partial charge is 0.283 e. The van der Waals surface area contributed by atoms with Crippen LogP contribution in [-0.4, -0.2) is 0 Å². The molecule has 0 unspecified atom stereocenters. The van der Waals surface area contributed by atoms with Crippen molar-refractivity contribution in [2.75, 3.05) is 0 Å². The topological polar surface area (TPSA) is 41.8 Å². The van der Waals surface area contributed by atoms with Crippen LogP contribution in [0.15, 0.2) is 206 Å². The summed E-state index contributed by atoms with van der Waals surface area (Å²) in [4.78, 5) is 0. The van der Waals surface area contributed by atoms with Crippen LogP contribution in [0.5, 0.6) is 0 Å². The molecule has 0 atom stereocenters. The molecule has 48 heavy (non-hydrogen) atoms. The van der Waals surface area contributed by atoms with Gasteiger partial charge in [-0.2, -0.15) is 9.83 Å². The van der Waals surface area contributed by atoms with Gasteiger partial charge in [0.25, 0.3) is 5.69 Å². The lowest BCUT2D eigenvalue weighted by atomic mass is 9.70. The van der Waals surface area contributed by atoms with Crippen LogP contribution in [0.3, 0.4) is 0 Å². The Balaban J connectivity index is 0.000000388. The van der Waals surface area contributed by atoms with Gasteiger partial charge in [0, 0.05) is 12.1 Å². The Morgan fingerprint density at radius 1 is 0.396 bits per heavy atom. The molecule has 0 aliphatic heterocycles. The molecule has 0 saturated carbocycles. The summed E-state index contributed by atoms with van der Waals surface area (Å²) in [6, 6.07) is 71.8. The lowest BCUT2D eigenvalue weighted by molar-refractivity contribution is -0.674. The van der Waals surface area contributed by atoms with E-state index in [1.807, 2.05) is 25.4 Å². The van der Waals surface area contributed by atoms with Crippen LogP contribution in [0.25, 0.3) is 5.32 Å². The summed E-state index contributed by atoms with van der Waals surface area (Å²) in [6.45, 7) is 0. The van der Waals surface area contributed by atoms with Gasteiger partial charge in [-0.1, -0.05) is 215 Å². The van der Waals surface area contributed by atoms with Crippen LogP contribution in [0.2, 0.25) is 0 Å². The van der Waals surface area contributed by atoms with E-state index in [-0.39, 0.29) is 0 Å². The van der Waals surface area contributed by atoms with Crippen molar-refractivity contribution in [3.63, 3.8) is 0 Å². The molecule has 1 aromatic heterocycles. The number of benzene rings is 6. The van der Waals surface area contributed by atoms with Gasteiger partial charge in [0.05, 0.1) is 0 Å². The summed E-state index contributed by atoms with van der Waals surface area (Å²) in [5, 5.41) is 14.6. The van der Waals surface area contributed by atoms with Crippen LogP contribution in [0.4, 0.5) is 0 Å². The van der Waals surface area contributed by atoms with Gasteiger partial charge in [0.2, 0.25) is 0 Å². The highest BCUT2D eigenvalue weighted by Crippen LogP contribution is 2.55. The first kappa shape index (κ1) is 31.9. The molecule has 7 aromatic rings. The molecule has 0 aliphatic carbocycles. The van der Waals surface area contributed by atoms with E-state index in [4.69, 9.17) is 10.6 Å². The Morgan fingerprint density at radius 3 is 0.854 bits per heavy atom. The molecular weight excluding hydrogens is 583 g/mol. The fourth-order valence-corrected chi connectivity index (χ4v) is 6.35. The molecule has 0 N–H and O–H groups in total. The van der Waals surface area contributed by atoms with E-state index >= 15 is 0 Å². The largest absolute Gasteiger partial charge is 0.628 e. The maximum absolute atomic E-state index is 8.45. The number of nitrogens with zero attached hydrogens (tertiary/aromatic N) is 3. The zero-order valence-electron chi connectivity index (χ0n) is 27.0. The second-order valence-electron chi connectivity index (χ2n) is 11.5. The molecule has 232 valence electrons. The number of aromatic nitrogens is 1. The van der Waals surface area contributed by atoms with Crippen molar-refractivity contribution in [2.45, 2.75) is 11.1 Å². The van der Waals surface area contributed by atoms with E-state index in [0.717, 1.165) is 33.4 Å². The Kier molecular flexibility index (Phi) is 9.97. The third-order valence-corrected chi connectivity index (χ3v) is 8.65. The zero-order valence-corrected chi connectivity index (χ0v) is 27.0. The van der Waals surface area contributed by atoms with E-state index in [1.165, 1.54) is 0 Å². The van der Waals surface area contributed by atoms with Gasteiger partial charge < -0.3 is 5.32 Å². The molecule has 0 bridgehead atoms. The molecular formula is C45H37N3. The fraction of sp³-hybridized carbons (Fsp3) is 0.0667. The Hall–Kier alpha value is -6.08. The SMILES string of the molecule is C[n+]1ccccc1C#N.c1ccc(C([N-]C(c2ccccc2)(c2ccccc2)c2ccccc2)(c2ccccc2)c2ccccc2)cc1. The van der Waals surface area contributed by atoms with Crippen LogP contribution < -0.4 is 4.57 Å². The summed E-state index contributed by atoms with van der Waals surface area (Å²) in [7, 11) is 1.85. The average Bonchev–Trinajstić information content (AvgIpc) is 3.18. The molecule has 3 nitrogen and oxygen atoms in total. The average molecular weight is 620 g/mol. The van der Waals surface area contributed by atoms with Crippen molar-refractivity contribution in [3.05, 3.63) is 251 Å². The molecule has 0 radical (unpaired) electrons. The molecule has 0 amide bonds. The number of hydrogen-bond donors (Lipinski definition) is 0. The number of hydrogen-bond acceptors (Lipinski definition) is 1. The van der Waals surface area contributed by atoms with E-state index in [0.29, 0.717) is 5.69 Å². The van der Waals surface area contributed by atoms with Crippen LogP contribution in [0, 0.1) is 11.3 Å². The van der Waals surface area contributed by atoms with Crippen molar-refractivity contribution < 1.29 is 4.57 Å². The summed E-state index contributed by atoms with van der Waals surface area (Å²) in [5.74, 6) is 0. The molecule has 3 heteroatoms. The first-order chi connectivity index (χ1) is 23.7. The minimum absolute atomic E-state index is 0.678. The van der Waals surface area contributed by atoms with Gasteiger partial charge in [-0.05, 0) is 17.1 Å². The van der Waals surface area contributed by atoms with Crippen molar-refractivity contribution in [1.82, 2.24) is 0 Å². The first-order valence-electron chi connectivity index (χ1n) is 16.1. The number of pyridine rings is 1. The van der Waals surface area contributed by atoms with E-state index in [2.05, 4.69) is 188 Å². The lowest BCUT2D eigenvalue weighted by Gasteiger charge is -2.60.